The van der Waals surface area contributed by atoms with Crippen LogP contribution in [0.4, 0.5) is 0 Å². The molecule has 4 heteroatoms. The summed E-state index contributed by atoms with van der Waals surface area (Å²) in [4.78, 5) is 2.45. The lowest BCUT2D eigenvalue weighted by Gasteiger charge is -2.39. The molecule has 1 atom stereocenters. The van der Waals surface area contributed by atoms with Gasteiger partial charge in [0.1, 0.15) is 0 Å². The highest BCUT2D eigenvalue weighted by molar-refractivity contribution is 5.09. The highest BCUT2D eigenvalue weighted by atomic mass is 15.3. The molecule has 0 aliphatic rings. The largest absolute Gasteiger partial charge is 0.329 e. The van der Waals surface area contributed by atoms with Crippen molar-refractivity contribution in [2.75, 3.05) is 13.1 Å². The van der Waals surface area contributed by atoms with E-state index in [0.29, 0.717) is 6.54 Å². The van der Waals surface area contributed by atoms with Crippen LogP contribution in [0.15, 0.2) is 6.07 Å². The Morgan fingerprint density at radius 3 is 2.50 bits per heavy atom. The van der Waals surface area contributed by atoms with Crippen molar-refractivity contribution in [3.63, 3.8) is 0 Å². The minimum Gasteiger partial charge on any atom is -0.329 e. The smallest absolute Gasteiger partial charge is 0.0597 e. The molecular weight excluding hydrogens is 224 g/mol. The summed E-state index contributed by atoms with van der Waals surface area (Å²) in [5, 5.41) is 4.51. The molecule has 0 aliphatic heterocycles. The second-order valence-corrected chi connectivity index (χ2v) is 5.16. The molecule has 0 amide bonds. The molecule has 0 saturated heterocycles. The van der Waals surface area contributed by atoms with E-state index in [0.717, 1.165) is 31.7 Å². The lowest BCUT2D eigenvalue weighted by atomic mass is 9.96. The third-order valence-corrected chi connectivity index (χ3v) is 3.98. The van der Waals surface area contributed by atoms with Crippen LogP contribution < -0.4 is 5.73 Å². The number of nitrogens with two attached hydrogens (primary N) is 1. The zero-order valence-electron chi connectivity index (χ0n) is 12.5. The first-order valence-electron chi connectivity index (χ1n) is 6.99. The van der Waals surface area contributed by atoms with Gasteiger partial charge in [0.2, 0.25) is 0 Å². The molecule has 0 fully saturated rings. The molecular formula is C14H28N4. The van der Waals surface area contributed by atoms with E-state index in [-0.39, 0.29) is 5.54 Å². The minimum atomic E-state index is 0.0749. The fraction of sp³-hybridized carbons (Fsp3) is 0.786. The number of aryl methyl sites for hydroxylation is 2. The Balaban J connectivity index is 2.91. The number of rotatable bonds is 7. The third kappa shape index (κ3) is 3.12. The average Bonchev–Trinajstić information content (AvgIpc) is 2.75. The van der Waals surface area contributed by atoms with Crippen LogP contribution in [-0.2, 0) is 13.1 Å². The van der Waals surface area contributed by atoms with Crippen LogP contribution in [0.5, 0.6) is 0 Å². The maximum Gasteiger partial charge on any atom is 0.0597 e. The Morgan fingerprint density at radius 2 is 2.06 bits per heavy atom. The minimum absolute atomic E-state index is 0.0749. The zero-order chi connectivity index (χ0) is 13.8. The van der Waals surface area contributed by atoms with Crippen LogP contribution in [-0.4, -0.2) is 33.3 Å². The SMILES string of the molecule is CCN(Cc1cc(C)nn1CC)C(C)(CC)CN. The van der Waals surface area contributed by atoms with Gasteiger partial charge in [0.05, 0.1) is 11.4 Å². The Bertz CT molecular complexity index is 366. The molecule has 0 radical (unpaired) electrons. The van der Waals surface area contributed by atoms with Gasteiger partial charge in [-0.15, -0.1) is 0 Å². The predicted octanol–water partition coefficient (Wildman–Crippen LogP) is 2.16. The van der Waals surface area contributed by atoms with Crippen molar-refractivity contribution in [3.05, 3.63) is 17.5 Å². The molecule has 1 aromatic rings. The van der Waals surface area contributed by atoms with Gasteiger partial charge >= 0.3 is 0 Å². The van der Waals surface area contributed by atoms with Crippen LogP contribution in [0.25, 0.3) is 0 Å². The molecule has 1 rings (SSSR count). The standard InChI is InChI=1S/C14H28N4/c1-6-14(5,11-15)17(7-2)10-13-9-12(4)16-18(13)8-3/h9H,6-8,10-11,15H2,1-5H3. The number of hydrogen-bond acceptors (Lipinski definition) is 3. The van der Waals surface area contributed by atoms with Crippen LogP contribution in [0.1, 0.15) is 45.5 Å². The van der Waals surface area contributed by atoms with Crippen LogP contribution in [0.2, 0.25) is 0 Å². The summed E-state index contributed by atoms with van der Waals surface area (Å²) < 4.78 is 2.09. The van der Waals surface area contributed by atoms with E-state index in [2.05, 4.69) is 48.4 Å². The Morgan fingerprint density at radius 1 is 1.39 bits per heavy atom. The van der Waals surface area contributed by atoms with Crippen LogP contribution in [0.3, 0.4) is 0 Å². The summed E-state index contributed by atoms with van der Waals surface area (Å²) in [6.45, 7) is 14.4. The highest BCUT2D eigenvalue weighted by Gasteiger charge is 2.28. The molecule has 2 N–H and O–H groups in total. The third-order valence-electron chi connectivity index (χ3n) is 3.98. The van der Waals surface area contributed by atoms with Crippen molar-refractivity contribution in [3.8, 4) is 0 Å². The second-order valence-electron chi connectivity index (χ2n) is 5.16. The second kappa shape index (κ2) is 6.34. The van der Waals surface area contributed by atoms with Gasteiger partial charge < -0.3 is 5.73 Å². The van der Waals surface area contributed by atoms with E-state index in [1.807, 2.05) is 6.92 Å². The monoisotopic (exact) mass is 252 g/mol. The van der Waals surface area contributed by atoms with E-state index in [9.17, 15) is 0 Å². The number of likely N-dealkylation sites (N-methyl/N-ethyl adjacent to an activating group) is 1. The first-order chi connectivity index (χ1) is 8.50. The Labute approximate surface area is 111 Å². The van der Waals surface area contributed by atoms with Gasteiger partial charge in [0, 0.05) is 25.2 Å². The van der Waals surface area contributed by atoms with Crippen molar-refractivity contribution >= 4 is 0 Å². The van der Waals surface area contributed by atoms with Gasteiger partial charge in [-0.1, -0.05) is 13.8 Å². The summed E-state index contributed by atoms with van der Waals surface area (Å²) in [7, 11) is 0. The molecule has 1 heterocycles. The van der Waals surface area contributed by atoms with E-state index in [1.165, 1.54) is 5.69 Å². The highest BCUT2D eigenvalue weighted by Crippen LogP contribution is 2.21. The molecule has 1 unspecified atom stereocenters. The predicted molar refractivity (Wildman–Crippen MR) is 76.5 cm³/mol. The van der Waals surface area contributed by atoms with E-state index >= 15 is 0 Å². The molecule has 0 bridgehead atoms. The number of hydrogen-bond donors (Lipinski definition) is 1. The van der Waals surface area contributed by atoms with Gasteiger partial charge in [0.25, 0.3) is 0 Å². The molecule has 1 aromatic heterocycles. The van der Waals surface area contributed by atoms with Crippen LogP contribution >= 0.6 is 0 Å². The Hall–Kier alpha value is -0.870. The Kier molecular flexibility index (Phi) is 5.35. The molecule has 0 spiro atoms. The summed E-state index contributed by atoms with van der Waals surface area (Å²) in [6, 6.07) is 2.18. The average molecular weight is 252 g/mol. The fourth-order valence-electron chi connectivity index (χ4n) is 2.38. The molecule has 4 nitrogen and oxygen atoms in total. The number of nitrogens with zero attached hydrogens (tertiary/aromatic N) is 3. The van der Waals surface area contributed by atoms with Crippen molar-refractivity contribution in [1.82, 2.24) is 14.7 Å². The normalized spacial score (nSPS) is 15.1. The fourth-order valence-corrected chi connectivity index (χ4v) is 2.38. The van der Waals surface area contributed by atoms with Gasteiger partial charge in [-0.05, 0) is 39.8 Å². The lowest BCUT2D eigenvalue weighted by molar-refractivity contribution is 0.101. The van der Waals surface area contributed by atoms with Gasteiger partial charge in [-0.3, -0.25) is 9.58 Å². The van der Waals surface area contributed by atoms with Crippen molar-refractivity contribution in [2.45, 2.75) is 59.7 Å². The van der Waals surface area contributed by atoms with Crippen LogP contribution in [0, 0.1) is 6.92 Å². The lowest BCUT2D eigenvalue weighted by Crippen LogP contribution is -2.50. The number of aromatic nitrogens is 2. The summed E-state index contributed by atoms with van der Waals surface area (Å²) >= 11 is 0. The molecule has 18 heavy (non-hydrogen) atoms. The van der Waals surface area contributed by atoms with E-state index < -0.39 is 0 Å². The maximum atomic E-state index is 5.96. The quantitative estimate of drug-likeness (QED) is 0.809. The molecule has 0 aliphatic carbocycles. The molecule has 104 valence electrons. The molecule has 0 saturated carbocycles. The van der Waals surface area contributed by atoms with Gasteiger partial charge in [-0.25, -0.2) is 0 Å². The molecule has 0 aromatic carbocycles. The van der Waals surface area contributed by atoms with Crippen molar-refractivity contribution in [2.24, 2.45) is 5.73 Å². The van der Waals surface area contributed by atoms with E-state index in [4.69, 9.17) is 5.73 Å². The van der Waals surface area contributed by atoms with Crippen molar-refractivity contribution in [1.29, 1.82) is 0 Å². The first-order valence-corrected chi connectivity index (χ1v) is 6.99. The summed E-state index contributed by atoms with van der Waals surface area (Å²) in [5.41, 5.74) is 8.41. The topological polar surface area (TPSA) is 47.1 Å². The summed E-state index contributed by atoms with van der Waals surface area (Å²) in [5.74, 6) is 0. The zero-order valence-corrected chi connectivity index (χ0v) is 12.5. The maximum absolute atomic E-state index is 5.96. The van der Waals surface area contributed by atoms with Gasteiger partial charge in [-0.2, -0.15) is 5.10 Å². The van der Waals surface area contributed by atoms with Crippen molar-refractivity contribution < 1.29 is 0 Å². The summed E-state index contributed by atoms with van der Waals surface area (Å²) in [6.07, 6.45) is 1.07. The first kappa shape index (κ1) is 15.2. The van der Waals surface area contributed by atoms with Gasteiger partial charge in [0.15, 0.2) is 0 Å². The van der Waals surface area contributed by atoms with E-state index in [1.54, 1.807) is 0 Å².